The first-order valence-corrected chi connectivity index (χ1v) is 8.67. The summed E-state index contributed by atoms with van der Waals surface area (Å²) in [6, 6.07) is 2.75. The van der Waals surface area contributed by atoms with Crippen molar-refractivity contribution in [3.8, 4) is 0 Å². The molecule has 1 fully saturated rings. The maximum Gasteiger partial charge on any atom is 0.0512 e. The molecule has 0 aromatic carbocycles. The molecule has 0 radical (unpaired) electrons. The Bertz CT molecular complexity index is 357. The summed E-state index contributed by atoms with van der Waals surface area (Å²) in [5.74, 6) is 0. The number of thiophene rings is 1. The van der Waals surface area contributed by atoms with E-state index < -0.39 is 0 Å². The Labute approximate surface area is 122 Å². The Kier molecular flexibility index (Phi) is 5.43. The molecule has 108 valence electrons. The van der Waals surface area contributed by atoms with E-state index in [2.05, 4.69) is 47.8 Å². The molecule has 1 aliphatic rings. The van der Waals surface area contributed by atoms with Gasteiger partial charge in [-0.15, -0.1) is 0 Å². The third-order valence-electron chi connectivity index (χ3n) is 4.64. The molecule has 1 aromatic heterocycles. The van der Waals surface area contributed by atoms with Gasteiger partial charge in [0.15, 0.2) is 0 Å². The number of nitrogens with one attached hydrogen (secondary N) is 1. The van der Waals surface area contributed by atoms with E-state index in [9.17, 15) is 0 Å². The number of rotatable bonds is 7. The van der Waals surface area contributed by atoms with Crippen molar-refractivity contribution in [2.75, 3.05) is 19.6 Å². The third-order valence-corrected chi connectivity index (χ3v) is 5.34. The molecule has 2 atom stereocenters. The van der Waals surface area contributed by atoms with E-state index in [0.29, 0.717) is 6.04 Å². The highest BCUT2D eigenvalue weighted by molar-refractivity contribution is 7.07. The van der Waals surface area contributed by atoms with Crippen LogP contribution >= 0.6 is 11.3 Å². The minimum atomic E-state index is 0.243. The first-order chi connectivity index (χ1) is 9.22. The Balaban J connectivity index is 2.22. The molecule has 0 saturated carbocycles. The zero-order chi connectivity index (χ0) is 13.7. The molecule has 3 heteroatoms. The maximum absolute atomic E-state index is 3.81. The predicted molar refractivity (Wildman–Crippen MR) is 84.9 cm³/mol. The fourth-order valence-electron chi connectivity index (χ4n) is 3.26. The van der Waals surface area contributed by atoms with Gasteiger partial charge in [-0.05, 0) is 74.6 Å². The summed E-state index contributed by atoms with van der Waals surface area (Å²) in [5.41, 5.74) is 1.71. The summed E-state index contributed by atoms with van der Waals surface area (Å²) < 4.78 is 0. The zero-order valence-electron chi connectivity index (χ0n) is 12.6. The van der Waals surface area contributed by atoms with Gasteiger partial charge in [-0.1, -0.05) is 13.8 Å². The van der Waals surface area contributed by atoms with E-state index in [1.54, 1.807) is 0 Å². The summed E-state index contributed by atoms with van der Waals surface area (Å²) >= 11 is 1.81. The van der Waals surface area contributed by atoms with Gasteiger partial charge in [0.2, 0.25) is 0 Å². The van der Waals surface area contributed by atoms with Gasteiger partial charge in [-0.25, -0.2) is 0 Å². The highest BCUT2D eigenvalue weighted by atomic mass is 32.1. The van der Waals surface area contributed by atoms with Gasteiger partial charge in [0, 0.05) is 5.54 Å². The third kappa shape index (κ3) is 3.21. The van der Waals surface area contributed by atoms with Gasteiger partial charge >= 0.3 is 0 Å². The molecule has 2 nitrogen and oxygen atoms in total. The molecule has 2 unspecified atom stereocenters. The number of nitrogens with zero attached hydrogens (tertiary/aromatic N) is 1. The van der Waals surface area contributed by atoms with Crippen LogP contribution in [0.25, 0.3) is 0 Å². The maximum atomic E-state index is 3.81. The highest BCUT2D eigenvalue weighted by Crippen LogP contribution is 2.37. The second kappa shape index (κ2) is 6.87. The van der Waals surface area contributed by atoms with Crippen molar-refractivity contribution in [1.29, 1.82) is 0 Å². The first-order valence-electron chi connectivity index (χ1n) is 7.73. The van der Waals surface area contributed by atoms with Crippen LogP contribution in [-0.4, -0.2) is 30.1 Å². The van der Waals surface area contributed by atoms with Crippen LogP contribution in [0.3, 0.4) is 0 Å². The molecule has 2 rings (SSSR count). The lowest BCUT2D eigenvalue weighted by Crippen LogP contribution is -2.53. The lowest BCUT2D eigenvalue weighted by atomic mass is 9.84. The van der Waals surface area contributed by atoms with Crippen LogP contribution in [0.5, 0.6) is 0 Å². The van der Waals surface area contributed by atoms with Crippen LogP contribution in [-0.2, 0) is 0 Å². The van der Waals surface area contributed by atoms with Crippen LogP contribution < -0.4 is 5.32 Å². The van der Waals surface area contributed by atoms with Gasteiger partial charge in [0.05, 0.1) is 6.04 Å². The first kappa shape index (κ1) is 15.0. The van der Waals surface area contributed by atoms with Crippen LogP contribution in [0, 0.1) is 0 Å². The van der Waals surface area contributed by atoms with Gasteiger partial charge in [-0.3, -0.25) is 4.90 Å². The predicted octanol–water partition coefficient (Wildman–Crippen LogP) is 4.05. The van der Waals surface area contributed by atoms with Crippen LogP contribution in [0.4, 0.5) is 0 Å². The van der Waals surface area contributed by atoms with Crippen molar-refractivity contribution in [3.05, 3.63) is 22.4 Å². The van der Waals surface area contributed by atoms with Gasteiger partial charge in [0.1, 0.15) is 0 Å². The second-order valence-electron chi connectivity index (χ2n) is 5.85. The number of likely N-dealkylation sites (tertiary alicyclic amines) is 1. The number of hydrogen-bond donors (Lipinski definition) is 1. The van der Waals surface area contributed by atoms with Crippen molar-refractivity contribution in [3.63, 3.8) is 0 Å². The minimum Gasteiger partial charge on any atom is -0.308 e. The molecule has 1 aromatic rings. The molecule has 0 aliphatic carbocycles. The fourth-order valence-corrected chi connectivity index (χ4v) is 3.95. The topological polar surface area (TPSA) is 15.3 Å². The van der Waals surface area contributed by atoms with Crippen LogP contribution in [0.15, 0.2) is 16.8 Å². The minimum absolute atomic E-state index is 0.243. The van der Waals surface area contributed by atoms with Crippen molar-refractivity contribution in [2.24, 2.45) is 0 Å². The van der Waals surface area contributed by atoms with Crippen molar-refractivity contribution in [2.45, 2.75) is 58.0 Å². The quantitative estimate of drug-likeness (QED) is 0.810. The monoisotopic (exact) mass is 280 g/mol. The summed E-state index contributed by atoms with van der Waals surface area (Å²) in [7, 11) is 0. The summed E-state index contributed by atoms with van der Waals surface area (Å²) in [6.07, 6.45) is 5.12. The van der Waals surface area contributed by atoms with Crippen molar-refractivity contribution >= 4 is 11.3 Å². The molecule has 0 spiro atoms. The zero-order valence-corrected chi connectivity index (χ0v) is 13.4. The molecule has 2 heterocycles. The summed E-state index contributed by atoms with van der Waals surface area (Å²) in [5, 5.41) is 8.33. The average Bonchev–Trinajstić information content (AvgIpc) is 3.11. The van der Waals surface area contributed by atoms with E-state index in [-0.39, 0.29) is 5.54 Å². The van der Waals surface area contributed by atoms with Crippen molar-refractivity contribution < 1.29 is 0 Å². The van der Waals surface area contributed by atoms with Gasteiger partial charge in [0.25, 0.3) is 0 Å². The molecule has 1 N–H and O–H groups in total. The van der Waals surface area contributed by atoms with Gasteiger partial charge in [-0.2, -0.15) is 11.3 Å². The Morgan fingerprint density at radius 2 is 2.11 bits per heavy atom. The lowest BCUT2D eigenvalue weighted by Gasteiger charge is -2.45. The SMILES string of the molecule is CCCNC(c1ccsc1)C(C)(CC)N1CCCC1. The standard InChI is InChI=1S/C16H28N2S/c1-4-9-17-15(14-8-12-19-13-14)16(3,5-2)18-10-6-7-11-18/h8,12-13,15,17H,4-7,9-11H2,1-3H3. The molecular weight excluding hydrogens is 252 g/mol. The smallest absolute Gasteiger partial charge is 0.0512 e. The van der Waals surface area contributed by atoms with Gasteiger partial charge < -0.3 is 5.32 Å². The molecule has 19 heavy (non-hydrogen) atoms. The normalized spacial score (nSPS) is 21.4. The largest absolute Gasteiger partial charge is 0.308 e. The Morgan fingerprint density at radius 3 is 2.63 bits per heavy atom. The van der Waals surface area contributed by atoms with Crippen molar-refractivity contribution in [1.82, 2.24) is 10.2 Å². The summed E-state index contributed by atoms with van der Waals surface area (Å²) in [6.45, 7) is 10.7. The van der Waals surface area contributed by atoms with E-state index in [1.165, 1.54) is 44.3 Å². The Hall–Kier alpha value is -0.380. The van der Waals surface area contributed by atoms with E-state index in [1.807, 2.05) is 11.3 Å². The fraction of sp³-hybridized carbons (Fsp3) is 0.750. The molecule has 0 bridgehead atoms. The molecular formula is C16H28N2S. The van der Waals surface area contributed by atoms with Crippen LogP contribution in [0.2, 0.25) is 0 Å². The van der Waals surface area contributed by atoms with Crippen LogP contribution in [0.1, 0.15) is 58.1 Å². The number of hydrogen-bond acceptors (Lipinski definition) is 3. The highest BCUT2D eigenvalue weighted by Gasteiger charge is 2.39. The molecule has 0 amide bonds. The lowest BCUT2D eigenvalue weighted by molar-refractivity contribution is 0.0841. The Morgan fingerprint density at radius 1 is 1.37 bits per heavy atom. The van der Waals surface area contributed by atoms with E-state index in [0.717, 1.165) is 6.54 Å². The molecule has 1 aliphatic heterocycles. The summed E-state index contributed by atoms with van der Waals surface area (Å²) in [4.78, 5) is 2.71. The second-order valence-corrected chi connectivity index (χ2v) is 6.63. The molecule has 1 saturated heterocycles. The average molecular weight is 280 g/mol. The van der Waals surface area contributed by atoms with E-state index in [4.69, 9.17) is 0 Å². The van der Waals surface area contributed by atoms with E-state index >= 15 is 0 Å².